The summed E-state index contributed by atoms with van der Waals surface area (Å²) in [5.74, 6) is -1.55. The lowest BCUT2D eigenvalue weighted by Gasteiger charge is -2.13. The zero-order valence-corrected chi connectivity index (χ0v) is 12.6. The van der Waals surface area contributed by atoms with E-state index in [9.17, 15) is 14.4 Å². The van der Waals surface area contributed by atoms with Crippen LogP contribution in [0.2, 0.25) is 0 Å². The van der Waals surface area contributed by atoms with Crippen LogP contribution >= 0.6 is 11.3 Å². The predicted molar refractivity (Wildman–Crippen MR) is 82.8 cm³/mol. The summed E-state index contributed by atoms with van der Waals surface area (Å²) in [6, 6.07) is 9.45. The van der Waals surface area contributed by atoms with Crippen LogP contribution in [-0.2, 0) is 9.53 Å². The van der Waals surface area contributed by atoms with Gasteiger partial charge in [0.25, 0.3) is 5.91 Å². The van der Waals surface area contributed by atoms with Crippen molar-refractivity contribution in [3.05, 3.63) is 52.2 Å². The molecule has 3 N–H and O–H groups in total. The standard InChI is InChI=1S/C15H14N2O4S/c1-9(21-15(20)12-3-2-8-22-12)14(19)17-11-6-4-10(5-7-11)13(16)18/h2-9H,1H3,(H2,16,18)(H,17,19). The average molecular weight is 318 g/mol. The first kappa shape index (κ1) is 15.7. The summed E-state index contributed by atoms with van der Waals surface area (Å²) in [5, 5.41) is 4.35. The number of hydrogen-bond acceptors (Lipinski definition) is 5. The van der Waals surface area contributed by atoms with Crippen molar-refractivity contribution < 1.29 is 19.1 Å². The molecule has 0 fully saturated rings. The summed E-state index contributed by atoms with van der Waals surface area (Å²) in [7, 11) is 0. The first-order valence-corrected chi connectivity index (χ1v) is 7.30. The fourth-order valence-electron chi connectivity index (χ4n) is 1.63. The summed E-state index contributed by atoms with van der Waals surface area (Å²) in [6.45, 7) is 1.48. The Morgan fingerprint density at radius 3 is 2.41 bits per heavy atom. The van der Waals surface area contributed by atoms with Gasteiger partial charge in [0.2, 0.25) is 5.91 Å². The molecule has 1 atom stereocenters. The van der Waals surface area contributed by atoms with Crippen LogP contribution in [0.5, 0.6) is 0 Å². The van der Waals surface area contributed by atoms with Crippen LogP contribution < -0.4 is 11.1 Å². The number of rotatable bonds is 5. The molecule has 0 aliphatic carbocycles. The largest absolute Gasteiger partial charge is 0.448 e. The first-order valence-electron chi connectivity index (χ1n) is 6.42. The lowest BCUT2D eigenvalue weighted by Crippen LogP contribution is -2.29. The van der Waals surface area contributed by atoms with Crippen molar-refractivity contribution in [2.75, 3.05) is 5.32 Å². The Kier molecular flexibility index (Phi) is 4.90. The minimum absolute atomic E-state index is 0.343. The van der Waals surface area contributed by atoms with Gasteiger partial charge in [-0.3, -0.25) is 9.59 Å². The molecule has 0 radical (unpaired) electrons. The van der Waals surface area contributed by atoms with E-state index in [-0.39, 0.29) is 0 Å². The van der Waals surface area contributed by atoms with E-state index in [1.54, 1.807) is 29.6 Å². The number of carbonyl (C=O) groups excluding carboxylic acids is 3. The highest BCUT2D eigenvalue weighted by Gasteiger charge is 2.19. The van der Waals surface area contributed by atoms with Crippen LogP contribution in [0.15, 0.2) is 41.8 Å². The molecule has 7 heteroatoms. The van der Waals surface area contributed by atoms with Crippen molar-refractivity contribution in [3.63, 3.8) is 0 Å². The number of primary amides is 1. The highest BCUT2D eigenvalue weighted by molar-refractivity contribution is 7.11. The molecule has 1 aromatic heterocycles. The van der Waals surface area contributed by atoms with Crippen molar-refractivity contribution in [1.29, 1.82) is 0 Å². The SMILES string of the molecule is CC(OC(=O)c1cccs1)C(=O)Nc1ccc(C(N)=O)cc1. The highest BCUT2D eigenvalue weighted by Crippen LogP contribution is 2.13. The van der Waals surface area contributed by atoms with Gasteiger partial charge in [0, 0.05) is 11.3 Å². The van der Waals surface area contributed by atoms with Gasteiger partial charge in [0.05, 0.1) is 0 Å². The monoisotopic (exact) mass is 318 g/mol. The Balaban J connectivity index is 1.93. The third-order valence-electron chi connectivity index (χ3n) is 2.81. The number of benzene rings is 1. The van der Waals surface area contributed by atoms with Gasteiger partial charge < -0.3 is 15.8 Å². The van der Waals surface area contributed by atoms with Crippen LogP contribution in [0.1, 0.15) is 27.0 Å². The molecule has 0 aliphatic heterocycles. The molecule has 2 aromatic rings. The predicted octanol–water partition coefficient (Wildman–Crippen LogP) is 2.03. The molecule has 1 aromatic carbocycles. The third kappa shape index (κ3) is 3.92. The first-order chi connectivity index (χ1) is 10.5. The van der Waals surface area contributed by atoms with Gasteiger partial charge in [-0.15, -0.1) is 11.3 Å². The Bertz CT molecular complexity index is 680. The second-order valence-corrected chi connectivity index (χ2v) is 5.40. The molecule has 22 heavy (non-hydrogen) atoms. The maximum atomic E-state index is 12.0. The second-order valence-electron chi connectivity index (χ2n) is 4.46. The Hall–Kier alpha value is -2.67. The van der Waals surface area contributed by atoms with Crippen molar-refractivity contribution in [3.8, 4) is 0 Å². The van der Waals surface area contributed by atoms with Gasteiger partial charge in [-0.05, 0) is 42.6 Å². The van der Waals surface area contributed by atoms with E-state index < -0.39 is 23.9 Å². The Labute approximate surface area is 130 Å². The zero-order valence-electron chi connectivity index (χ0n) is 11.7. The minimum Gasteiger partial charge on any atom is -0.448 e. The van der Waals surface area contributed by atoms with Crippen LogP contribution in [0.25, 0.3) is 0 Å². The molecule has 1 heterocycles. The maximum absolute atomic E-state index is 12.0. The number of esters is 1. The lowest BCUT2D eigenvalue weighted by molar-refractivity contribution is -0.123. The van der Waals surface area contributed by atoms with Gasteiger partial charge in [0.15, 0.2) is 6.10 Å². The van der Waals surface area contributed by atoms with E-state index in [0.29, 0.717) is 16.1 Å². The van der Waals surface area contributed by atoms with E-state index >= 15 is 0 Å². The fourth-order valence-corrected chi connectivity index (χ4v) is 2.23. The zero-order chi connectivity index (χ0) is 16.1. The molecular formula is C15H14N2O4S. The molecule has 0 saturated carbocycles. The van der Waals surface area contributed by atoms with E-state index in [2.05, 4.69) is 5.32 Å². The smallest absolute Gasteiger partial charge is 0.349 e. The summed E-state index contributed by atoms with van der Waals surface area (Å²) < 4.78 is 5.08. The van der Waals surface area contributed by atoms with Crippen molar-refractivity contribution in [2.24, 2.45) is 5.73 Å². The van der Waals surface area contributed by atoms with E-state index in [1.807, 2.05) is 0 Å². The van der Waals surface area contributed by atoms with Gasteiger partial charge in [-0.1, -0.05) is 6.07 Å². The number of nitrogens with two attached hydrogens (primary N) is 1. The average Bonchev–Trinajstić information content (AvgIpc) is 3.02. The van der Waals surface area contributed by atoms with Crippen LogP contribution in [0.3, 0.4) is 0 Å². The second kappa shape index (κ2) is 6.86. The van der Waals surface area contributed by atoms with E-state index in [4.69, 9.17) is 10.5 Å². The molecule has 0 bridgehead atoms. The number of ether oxygens (including phenoxy) is 1. The molecule has 6 nitrogen and oxygen atoms in total. The minimum atomic E-state index is -0.939. The number of nitrogens with one attached hydrogen (secondary N) is 1. The molecule has 1 unspecified atom stereocenters. The Morgan fingerprint density at radius 1 is 1.18 bits per heavy atom. The van der Waals surface area contributed by atoms with Crippen molar-refractivity contribution in [1.82, 2.24) is 0 Å². The molecule has 0 aliphatic rings. The number of anilines is 1. The van der Waals surface area contributed by atoms with Gasteiger partial charge in [0.1, 0.15) is 4.88 Å². The van der Waals surface area contributed by atoms with E-state index in [0.717, 1.165) is 0 Å². The summed E-state index contributed by atoms with van der Waals surface area (Å²) >= 11 is 1.24. The van der Waals surface area contributed by atoms with Crippen LogP contribution in [0.4, 0.5) is 5.69 Å². The van der Waals surface area contributed by atoms with Crippen LogP contribution in [-0.4, -0.2) is 23.9 Å². The number of amides is 2. The van der Waals surface area contributed by atoms with Gasteiger partial charge in [-0.25, -0.2) is 4.79 Å². The van der Waals surface area contributed by atoms with E-state index in [1.165, 1.54) is 30.4 Å². The van der Waals surface area contributed by atoms with Gasteiger partial charge >= 0.3 is 5.97 Å². The lowest BCUT2D eigenvalue weighted by atomic mass is 10.2. The fraction of sp³-hybridized carbons (Fsp3) is 0.133. The molecular weight excluding hydrogens is 304 g/mol. The van der Waals surface area contributed by atoms with Gasteiger partial charge in [-0.2, -0.15) is 0 Å². The topological polar surface area (TPSA) is 98.5 Å². The molecule has 0 saturated heterocycles. The Morgan fingerprint density at radius 2 is 1.86 bits per heavy atom. The summed E-state index contributed by atoms with van der Waals surface area (Å²) in [4.78, 5) is 35.1. The normalized spacial score (nSPS) is 11.5. The summed E-state index contributed by atoms with van der Waals surface area (Å²) in [5.41, 5.74) is 5.96. The molecule has 114 valence electrons. The highest BCUT2D eigenvalue weighted by atomic mass is 32.1. The molecule has 0 spiro atoms. The summed E-state index contributed by atoms with van der Waals surface area (Å²) in [6.07, 6.45) is -0.939. The molecule has 2 rings (SSSR count). The molecule has 2 amide bonds. The number of carbonyl (C=O) groups is 3. The van der Waals surface area contributed by atoms with Crippen molar-refractivity contribution >= 4 is 34.8 Å². The van der Waals surface area contributed by atoms with Crippen molar-refractivity contribution in [2.45, 2.75) is 13.0 Å². The quantitative estimate of drug-likeness (QED) is 0.824. The number of hydrogen-bond donors (Lipinski definition) is 2. The van der Waals surface area contributed by atoms with Crippen LogP contribution in [0, 0.1) is 0 Å². The maximum Gasteiger partial charge on any atom is 0.349 e. The number of thiophene rings is 1. The third-order valence-corrected chi connectivity index (χ3v) is 3.66.